The van der Waals surface area contributed by atoms with E-state index >= 15 is 0 Å². The van der Waals surface area contributed by atoms with Gasteiger partial charge in [-0.1, -0.05) is 32.9 Å². The highest BCUT2D eigenvalue weighted by Gasteiger charge is 2.05. The summed E-state index contributed by atoms with van der Waals surface area (Å²) in [5.74, 6) is -0.157. The van der Waals surface area contributed by atoms with Crippen molar-refractivity contribution < 1.29 is 9.53 Å². The molecule has 0 radical (unpaired) electrons. The van der Waals surface area contributed by atoms with Crippen molar-refractivity contribution in [2.45, 2.75) is 27.2 Å². The summed E-state index contributed by atoms with van der Waals surface area (Å²) in [5, 5.41) is 0. The minimum Gasteiger partial charge on any atom is -0.461 e. The van der Waals surface area contributed by atoms with Crippen LogP contribution in [-0.2, 0) is 9.53 Å². The van der Waals surface area contributed by atoms with Gasteiger partial charge in [0.05, 0.1) is 5.92 Å². The van der Waals surface area contributed by atoms with Crippen LogP contribution in [0.2, 0.25) is 0 Å². The lowest BCUT2D eigenvalue weighted by Crippen LogP contribution is -2.11. The first-order valence-electron chi connectivity index (χ1n) is 4.00. The molecule has 0 aromatic carbocycles. The molecule has 2 heteroatoms. The van der Waals surface area contributed by atoms with Crippen molar-refractivity contribution in [3.8, 4) is 0 Å². The predicted molar refractivity (Wildman–Crippen MR) is 45.2 cm³/mol. The summed E-state index contributed by atoms with van der Waals surface area (Å²) < 4.78 is 4.88. The molecule has 0 rings (SSSR count). The van der Waals surface area contributed by atoms with E-state index in [1.807, 2.05) is 32.9 Å². The maximum Gasteiger partial charge on any atom is 0.308 e. The molecule has 0 aliphatic carbocycles. The molecule has 0 heterocycles. The molecule has 0 aromatic rings. The molecule has 0 fully saturated rings. The molecule has 0 atom stereocenters. The first kappa shape index (κ1) is 10.2. The van der Waals surface area contributed by atoms with Gasteiger partial charge in [0.2, 0.25) is 0 Å². The van der Waals surface area contributed by atoms with E-state index in [4.69, 9.17) is 4.74 Å². The average molecular weight is 156 g/mol. The predicted octanol–water partition coefficient (Wildman–Crippen LogP) is 2.15. The molecule has 2 nitrogen and oxygen atoms in total. The van der Waals surface area contributed by atoms with Crippen LogP contribution in [0.3, 0.4) is 0 Å². The molecule has 0 saturated heterocycles. The normalized spacial score (nSPS) is 10.9. The van der Waals surface area contributed by atoms with Crippen molar-refractivity contribution in [3.05, 3.63) is 12.2 Å². The van der Waals surface area contributed by atoms with E-state index in [0.29, 0.717) is 6.61 Å². The topological polar surface area (TPSA) is 26.3 Å². The van der Waals surface area contributed by atoms with E-state index < -0.39 is 0 Å². The maximum atomic E-state index is 10.8. The van der Waals surface area contributed by atoms with Gasteiger partial charge in [0, 0.05) is 0 Å². The molecule has 0 spiro atoms. The molecule has 0 amide bonds. The number of rotatable bonds is 4. The summed E-state index contributed by atoms with van der Waals surface area (Å²) in [7, 11) is 0. The fraction of sp³-hybridized carbons (Fsp3) is 0.667. The highest BCUT2D eigenvalue weighted by Crippen LogP contribution is 1.95. The quantitative estimate of drug-likeness (QED) is 0.460. The molecule has 0 aliphatic rings. The highest BCUT2D eigenvalue weighted by molar-refractivity contribution is 5.71. The Kier molecular flexibility index (Phi) is 5.53. The lowest BCUT2D eigenvalue weighted by atomic mass is 10.2. The number of hydrogen-bond acceptors (Lipinski definition) is 2. The fourth-order valence-corrected chi connectivity index (χ4v) is 0.532. The van der Waals surface area contributed by atoms with E-state index in [1.165, 1.54) is 0 Å². The molecule has 0 aromatic heterocycles. The zero-order valence-electron chi connectivity index (χ0n) is 7.46. The van der Waals surface area contributed by atoms with Crippen LogP contribution in [0.15, 0.2) is 12.2 Å². The molecule has 11 heavy (non-hydrogen) atoms. The number of allylic oxidation sites excluding steroid dienone is 1. The number of carbonyl (C=O) groups is 1. The van der Waals surface area contributed by atoms with Crippen LogP contribution >= 0.6 is 0 Å². The Morgan fingerprint density at radius 3 is 2.55 bits per heavy atom. The second kappa shape index (κ2) is 5.96. The van der Waals surface area contributed by atoms with E-state index in [1.54, 1.807) is 0 Å². The van der Waals surface area contributed by atoms with Gasteiger partial charge < -0.3 is 4.74 Å². The second-order valence-electron chi connectivity index (χ2n) is 2.66. The molecule has 0 N–H and O–H groups in total. The Morgan fingerprint density at radius 1 is 1.45 bits per heavy atom. The third-order valence-electron chi connectivity index (χ3n) is 1.20. The van der Waals surface area contributed by atoms with E-state index in [2.05, 4.69) is 0 Å². The lowest BCUT2D eigenvalue weighted by molar-refractivity contribution is -0.146. The van der Waals surface area contributed by atoms with Crippen molar-refractivity contribution in [3.63, 3.8) is 0 Å². The van der Waals surface area contributed by atoms with Crippen LogP contribution in [0.1, 0.15) is 27.2 Å². The summed E-state index contributed by atoms with van der Waals surface area (Å²) >= 11 is 0. The van der Waals surface area contributed by atoms with Crippen LogP contribution in [-0.4, -0.2) is 12.6 Å². The summed E-state index contributed by atoms with van der Waals surface area (Å²) in [6.45, 7) is 6.10. The largest absolute Gasteiger partial charge is 0.461 e. The Hall–Kier alpha value is -0.790. The van der Waals surface area contributed by atoms with Crippen LogP contribution in [0.5, 0.6) is 0 Å². The van der Waals surface area contributed by atoms with Gasteiger partial charge in [-0.15, -0.1) is 0 Å². The minimum atomic E-state index is -0.134. The monoisotopic (exact) mass is 156 g/mol. The van der Waals surface area contributed by atoms with Crippen molar-refractivity contribution in [2.75, 3.05) is 6.61 Å². The number of esters is 1. The van der Waals surface area contributed by atoms with Crippen LogP contribution < -0.4 is 0 Å². The lowest BCUT2D eigenvalue weighted by Gasteiger charge is -2.02. The summed E-state index contributed by atoms with van der Waals surface area (Å²) in [5.41, 5.74) is 0. The van der Waals surface area contributed by atoms with Gasteiger partial charge in [0.1, 0.15) is 6.61 Å². The molecular formula is C9H16O2. The molecule has 0 bridgehead atoms. The molecule has 0 aliphatic heterocycles. The van der Waals surface area contributed by atoms with Gasteiger partial charge in [-0.3, -0.25) is 4.79 Å². The molecule has 0 saturated carbocycles. The van der Waals surface area contributed by atoms with Crippen molar-refractivity contribution >= 4 is 5.97 Å². The molecule has 64 valence electrons. The van der Waals surface area contributed by atoms with Gasteiger partial charge in [-0.25, -0.2) is 0 Å². The zero-order valence-corrected chi connectivity index (χ0v) is 7.46. The summed E-state index contributed by atoms with van der Waals surface area (Å²) in [4.78, 5) is 10.8. The Bertz CT molecular complexity index is 136. The molecule has 0 unspecified atom stereocenters. The molecular weight excluding hydrogens is 140 g/mol. The van der Waals surface area contributed by atoms with Crippen molar-refractivity contribution in [1.29, 1.82) is 0 Å². The second-order valence-corrected chi connectivity index (χ2v) is 2.66. The third-order valence-corrected chi connectivity index (χ3v) is 1.20. The van der Waals surface area contributed by atoms with Crippen LogP contribution in [0.4, 0.5) is 0 Å². The first-order valence-corrected chi connectivity index (χ1v) is 4.00. The van der Waals surface area contributed by atoms with Crippen LogP contribution in [0, 0.1) is 5.92 Å². The highest BCUT2D eigenvalue weighted by atomic mass is 16.5. The minimum absolute atomic E-state index is 0.0231. The smallest absolute Gasteiger partial charge is 0.308 e. The van der Waals surface area contributed by atoms with E-state index in [-0.39, 0.29) is 11.9 Å². The Balaban J connectivity index is 3.39. The number of ether oxygens (including phenoxy) is 1. The van der Waals surface area contributed by atoms with Gasteiger partial charge in [0.25, 0.3) is 0 Å². The fourth-order valence-electron chi connectivity index (χ4n) is 0.532. The van der Waals surface area contributed by atoms with E-state index in [9.17, 15) is 4.79 Å². The van der Waals surface area contributed by atoms with Crippen LogP contribution in [0.25, 0.3) is 0 Å². The Labute approximate surface area is 68.2 Å². The van der Waals surface area contributed by atoms with Crippen molar-refractivity contribution in [2.24, 2.45) is 5.92 Å². The van der Waals surface area contributed by atoms with Gasteiger partial charge in [-0.2, -0.15) is 0 Å². The van der Waals surface area contributed by atoms with Gasteiger partial charge in [0.15, 0.2) is 0 Å². The summed E-state index contributed by atoms with van der Waals surface area (Å²) in [6.07, 6.45) is 4.83. The third kappa shape index (κ3) is 5.64. The standard InChI is InChI=1S/C9H16O2/c1-4-5-6-7-11-9(10)8(2)3/h5-6,8H,4,7H2,1-3H3. The SMILES string of the molecule is CCC=CCOC(=O)C(C)C. The first-order chi connectivity index (χ1) is 5.18. The summed E-state index contributed by atoms with van der Waals surface area (Å²) in [6, 6.07) is 0. The Morgan fingerprint density at radius 2 is 2.09 bits per heavy atom. The maximum absolute atomic E-state index is 10.8. The average Bonchev–Trinajstić information content (AvgIpc) is 1.97. The van der Waals surface area contributed by atoms with Crippen molar-refractivity contribution in [1.82, 2.24) is 0 Å². The number of carbonyl (C=O) groups excluding carboxylic acids is 1. The zero-order chi connectivity index (χ0) is 8.69. The number of hydrogen-bond donors (Lipinski definition) is 0. The van der Waals surface area contributed by atoms with E-state index in [0.717, 1.165) is 6.42 Å². The van der Waals surface area contributed by atoms with Gasteiger partial charge in [-0.05, 0) is 6.42 Å². The van der Waals surface area contributed by atoms with Gasteiger partial charge >= 0.3 is 5.97 Å².